The second-order valence-corrected chi connectivity index (χ2v) is 2.77. The van der Waals surface area contributed by atoms with E-state index in [1.165, 1.54) is 24.3 Å². The van der Waals surface area contributed by atoms with Crippen LogP contribution in [0.2, 0.25) is 0 Å². The van der Waals surface area contributed by atoms with E-state index in [-0.39, 0.29) is 63.9 Å². The van der Waals surface area contributed by atoms with Crippen molar-refractivity contribution in [3.63, 3.8) is 0 Å². The number of aromatic carboxylic acids is 2. The number of hydrogen-bond donors (Lipinski definition) is 4. The summed E-state index contributed by atoms with van der Waals surface area (Å²) in [7, 11) is 0. The Balaban J connectivity index is -0.000000316. The maximum atomic E-state index is 10.5. The summed E-state index contributed by atoms with van der Waals surface area (Å²) in [5.74, 6) is -6.11. The van der Waals surface area contributed by atoms with Gasteiger partial charge in [-0.2, -0.15) is 0 Å². The van der Waals surface area contributed by atoms with Crippen molar-refractivity contribution in [2.75, 3.05) is 0 Å². The van der Waals surface area contributed by atoms with Crippen LogP contribution < -0.4 is 51.4 Å². The van der Waals surface area contributed by atoms with E-state index in [1.54, 1.807) is 0 Å². The summed E-state index contributed by atoms with van der Waals surface area (Å²) in [5.41, 5.74) is -0.380. The molecule has 0 amide bonds. The van der Waals surface area contributed by atoms with Gasteiger partial charge in [-0.3, -0.25) is 0 Å². The minimum Gasteiger partial charge on any atom is -1.00 e. The molecule has 9 heteroatoms. The average molecular weight is 296 g/mol. The standard InChI is InChI=1S/C8H6O4.C2H2O4.K.H/c9-7(10)5-3-1-2-4-6(5)8(11)12;3-1(4)2(5)6;;/h1-4H,(H,9,10)(H,11,12);(H,3,4)(H,5,6);;/q;;+1;-1. The molecule has 0 bridgehead atoms. The van der Waals surface area contributed by atoms with E-state index in [1.807, 2.05) is 0 Å². The maximum absolute atomic E-state index is 10.5. The quantitative estimate of drug-likeness (QED) is 0.341. The first-order valence-corrected chi connectivity index (χ1v) is 4.29. The first-order chi connectivity index (χ1) is 8.27. The van der Waals surface area contributed by atoms with Crippen molar-refractivity contribution < 1.29 is 92.4 Å². The first kappa shape index (κ1) is 20.1. The number of carboxylic acids is 4. The minimum absolute atomic E-state index is 0. The van der Waals surface area contributed by atoms with Crippen molar-refractivity contribution in [3.05, 3.63) is 35.4 Å². The van der Waals surface area contributed by atoms with Gasteiger partial charge >= 0.3 is 75.3 Å². The van der Waals surface area contributed by atoms with Gasteiger partial charge in [-0.1, -0.05) is 12.1 Å². The van der Waals surface area contributed by atoms with Crippen LogP contribution in [-0.2, 0) is 9.59 Å². The van der Waals surface area contributed by atoms with Gasteiger partial charge in [-0.25, -0.2) is 19.2 Å². The van der Waals surface area contributed by atoms with E-state index >= 15 is 0 Å². The third kappa shape index (κ3) is 7.69. The summed E-state index contributed by atoms with van der Waals surface area (Å²) >= 11 is 0. The van der Waals surface area contributed by atoms with Crippen molar-refractivity contribution in [2.45, 2.75) is 0 Å². The zero-order chi connectivity index (χ0) is 14.3. The fourth-order valence-electron chi connectivity index (χ4n) is 0.856. The predicted molar refractivity (Wildman–Crippen MR) is 56.7 cm³/mol. The fraction of sp³-hybridized carbons (Fsp3) is 0. The molecule has 0 radical (unpaired) electrons. The van der Waals surface area contributed by atoms with Crippen LogP contribution in [0.1, 0.15) is 22.1 Å². The Labute approximate surface area is 150 Å². The average Bonchev–Trinajstić information content (AvgIpc) is 2.29. The molecule has 98 valence electrons. The largest absolute Gasteiger partial charge is 1.00 e. The van der Waals surface area contributed by atoms with E-state index in [9.17, 15) is 9.59 Å². The van der Waals surface area contributed by atoms with Crippen LogP contribution in [0, 0.1) is 0 Å². The molecule has 0 atom stereocenters. The van der Waals surface area contributed by atoms with Crippen LogP contribution in [0.15, 0.2) is 24.3 Å². The minimum atomic E-state index is -1.82. The molecule has 1 aromatic carbocycles. The molecule has 0 spiro atoms. The number of carboxylic acid groups (broad SMARTS) is 4. The van der Waals surface area contributed by atoms with Gasteiger partial charge in [0, 0.05) is 0 Å². The zero-order valence-electron chi connectivity index (χ0n) is 10.7. The molecule has 0 fully saturated rings. The van der Waals surface area contributed by atoms with E-state index in [0.717, 1.165) is 0 Å². The molecule has 0 saturated heterocycles. The van der Waals surface area contributed by atoms with E-state index < -0.39 is 23.9 Å². The predicted octanol–water partition coefficient (Wildman–Crippen LogP) is -2.64. The SMILES string of the molecule is O=C(O)C(=O)O.O=C(O)c1ccccc1C(=O)O.[H-].[K+]. The van der Waals surface area contributed by atoms with Crippen molar-refractivity contribution >= 4 is 23.9 Å². The molecule has 1 rings (SSSR count). The molecule has 8 nitrogen and oxygen atoms in total. The summed E-state index contributed by atoms with van der Waals surface area (Å²) in [4.78, 5) is 39.1. The first-order valence-electron chi connectivity index (χ1n) is 4.29. The Morgan fingerprint density at radius 3 is 1.16 bits per heavy atom. The van der Waals surface area contributed by atoms with Gasteiger partial charge in [0.15, 0.2) is 0 Å². The third-order valence-corrected chi connectivity index (χ3v) is 1.57. The van der Waals surface area contributed by atoms with Crippen LogP contribution in [-0.4, -0.2) is 44.3 Å². The number of hydrogen-bond acceptors (Lipinski definition) is 4. The van der Waals surface area contributed by atoms with Gasteiger partial charge in [0.2, 0.25) is 0 Å². The number of rotatable bonds is 2. The molecule has 0 aliphatic heterocycles. The van der Waals surface area contributed by atoms with Crippen LogP contribution in [0.3, 0.4) is 0 Å². The summed E-state index contributed by atoms with van der Waals surface area (Å²) in [6, 6.07) is 5.48. The van der Waals surface area contributed by atoms with Gasteiger partial charge in [0.05, 0.1) is 11.1 Å². The second-order valence-electron chi connectivity index (χ2n) is 2.77. The number of benzene rings is 1. The monoisotopic (exact) mass is 296 g/mol. The third-order valence-electron chi connectivity index (χ3n) is 1.57. The zero-order valence-corrected chi connectivity index (χ0v) is 12.9. The van der Waals surface area contributed by atoms with E-state index in [0.29, 0.717) is 0 Å². The summed E-state index contributed by atoms with van der Waals surface area (Å²) in [6.45, 7) is 0. The Bertz CT molecular complexity index is 457. The van der Waals surface area contributed by atoms with Crippen molar-refractivity contribution in [1.82, 2.24) is 0 Å². The molecular weight excluding hydrogens is 287 g/mol. The van der Waals surface area contributed by atoms with Crippen molar-refractivity contribution in [3.8, 4) is 0 Å². The second kappa shape index (κ2) is 9.64. The normalized spacial score (nSPS) is 8.21. The Morgan fingerprint density at radius 1 is 0.737 bits per heavy atom. The molecular formula is C10H9KO8. The molecule has 19 heavy (non-hydrogen) atoms. The van der Waals surface area contributed by atoms with E-state index in [4.69, 9.17) is 30.0 Å². The molecule has 0 aliphatic rings. The molecule has 1 aromatic rings. The number of carbonyl (C=O) groups is 4. The summed E-state index contributed by atoms with van der Waals surface area (Å²) < 4.78 is 0. The van der Waals surface area contributed by atoms with Gasteiger partial charge in [0.25, 0.3) is 0 Å². The molecule has 4 N–H and O–H groups in total. The maximum Gasteiger partial charge on any atom is 1.00 e. The van der Waals surface area contributed by atoms with Gasteiger partial charge < -0.3 is 21.9 Å². The van der Waals surface area contributed by atoms with Gasteiger partial charge in [0.1, 0.15) is 0 Å². The number of aliphatic carboxylic acids is 2. The van der Waals surface area contributed by atoms with Crippen LogP contribution >= 0.6 is 0 Å². The van der Waals surface area contributed by atoms with Gasteiger partial charge in [-0.05, 0) is 12.1 Å². The smallest absolute Gasteiger partial charge is 1.00 e. The molecule has 0 unspecified atom stereocenters. The van der Waals surface area contributed by atoms with Gasteiger partial charge in [-0.15, -0.1) is 0 Å². The topological polar surface area (TPSA) is 149 Å². The Hall–Kier alpha value is -1.26. The van der Waals surface area contributed by atoms with Crippen molar-refractivity contribution in [1.29, 1.82) is 0 Å². The van der Waals surface area contributed by atoms with Crippen LogP contribution in [0.5, 0.6) is 0 Å². The molecule has 0 aliphatic carbocycles. The molecule has 0 heterocycles. The Kier molecular flexibility index (Phi) is 10.2. The Morgan fingerprint density at radius 2 is 1.00 bits per heavy atom. The molecule has 0 saturated carbocycles. The van der Waals surface area contributed by atoms with E-state index in [2.05, 4.69) is 0 Å². The summed E-state index contributed by atoms with van der Waals surface area (Å²) in [5, 5.41) is 31.9. The fourth-order valence-corrected chi connectivity index (χ4v) is 0.856. The van der Waals surface area contributed by atoms with Crippen molar-refractivity contribution in [2.24, 2.45) is 0 Å². The van der Waals surface area contributed by atoms with Crippen LogP contribution in [0.4, 0.5) is 0 Å². The van der Waals surface area contributed by atoms with Crippen LogP contribution in [0.25, 0.3) is 0 Å². The molecule has 0 aromatic heterocycles. The summed E-state index contributed by atoms with van der Waals surface area (Å²) in [6.07, 6.45) is 0.